The molecular formula is C21H16ClN3O2. The Kier molecular flexibility index (Phi) is 4.52. The number of nitrogens with one attached hydrogen (secondary N) is 2. The van der Waals surface area contributed by atoms with Gasteiger partial charge in [0.2, 0.25) is 0 Å². The number of carbonyl (C=O) groups is 1. The summed E-state index contributed by atoms with van der Waals surface area (Å²) in [7, 11) is 0. The van der Waals surface area contributed by atoms with Crippen LogP contribution in [0.25, 0.3) is 22.2 Å². The van der Waals surface area contributed by atoms with Crippen molar-refractivity contribution in [3.8, 4) is 11.1 Å². The zero-order valence-electron chi connectivity index (χ0n) is 14.2. The third-order valence-electron chi connectivity index (χ3n) is 4.33. The normalized spacial score (nSPS) is 10.9. The number of hydrogen-bond acceptors (Lipinski definition) is 3. The van der Waals surface area contributed by atoms with Crippen LogP contribution in [0.5, 0.6) is 0 Å². The van der Waals surface area contributed by atoms with Crippen LogP contribution in [-0.2, 0) is 6.54 Å². The number of benzene rings is 2. The molecule has 2 heterocycles. The molecule has 0 saturated carbocycles. The van der Waals surface area contributed by atoms with Gasteiger partial charge >= 0.3 is 5.97 Å². The second-order valence-corrected chi connectivity index (χ2v) is 6.63. The van der Waals surface area contributed by atoms with Crippen molar-refractivity contribution >= 4 is 34.3 Å². The minimum absolute atomic E-state index is 0.215. The van der Waals surface area contributed by atoms with Gasteiger partial charge in [-0.25, -0.2) is 9.78 Å². The fourth-order valence-electron chi connectivity index (χ4n) is 3.03. The number of nitrogens with zero attached hydrogens (tertiary/aromatic N) is 1. The van der Waals surface area contributed by atoms with E-state index in [1.165, 1.54) is 0 Å². The van der Waals surface area contributed by atoms with Crippen LogP contribution >= 0.6 is 11.6 Å². The van der Waals surface area contributed by atoms with E-state index in [9.17, 15) is 9.90 Å². The number of hydrogen-bond donors (Lipinski definition) is 3. The summed E-state index contributed by atoms with van der Waals surface area (Å²) < 4.78 is 0. The highest BCUT2D eigenvalue weighted by atomic mass is 35.5. The molecule has 0 aliphatic carbocycles. The molecule has 0 unspecified atom stereocenters. The number of fused-ring (bicyclic) bond motifs is 1. The summed E-state index contributed by atoms with van der Waals surface area (Å²) in [5.74, 6) is -0.976. The van der Waals surface area contributed by atoms with E-state index in [4.69, 9.17) is 11.6 Å². The van der Waals surface area contributed by atoms with Gasteiger partial charge in [0.15, 0.2) is 0 Å². The molecule has 2 aromatic heterocycles. The molecule has 6 heteroatoms. The molecular weight excluding hydrogens is 362 g/mol. The van der Waals surface area contributed by atoms with Gasteiger partial charge in [-0.05, 0) is 35.4 Å². The Hall–Kier alpha value is -3.31. The largest absolute Gasteiger partial charge is 0.478 e. The quantitative estimate of drug-likeness (QED) is 0.447. The standard InChI is InChI=1S/C21H16ClN3O2/c22-16-9-18-19(12-25-20(18)24-11-16)14-6-15(21(26)27)8-17(7-14)23-10-13-4-2-1-3-5-13/h1-9,11-12,23H,10H2,(H,24,25)(H,26,27). The summed E-state index contributed by atoms with van der Waals surface area (Å²) >= 11 is 6.08. The van der Waals surface area contributed by atoms with Gasteiger partial charge in [-0.2, -0.15) is 0 Å². The molecule has 0 aliphatic heterocycles. The lowest BCUT2D eigenvalue weighted by Gasteiger charge is -2.10. The molecule has 2 aromatic carbocycles. The minimum atomic E-state index is -0.976. The molecule has 0 fully saturated rings. The van der Waals surface area contributed by atoms with Crippen LogP contribution in [0.3, 0.4) is 0 Å². The maximum absolute atomic E-state index is 11.6. The van der Waals surface area contributed by atoms with Crippen LogP contribution in [0.1, 0.15) is 15.9 Å². The number of rotatable bonds is 5. The van der Waals surface area contributed by atoms with Gasteiger partial charge in [-0.3, -0.25) is 0 Å². The third-order valence-corrected chi connectivity index (χ3v) is 4.53. The van der Waals surface area contributed by atoms with Gasteiger partial charge in [-0.1, -0.05) is 41.9 Å². The molecule has 134 valence electrons. The molecule has 0 saturated heterocycles. The zero-order chi connectivity index (χ0) is 18.8. The van der Waals surface area contributed by atoms with E-state index < -0.39 is 5.97 Å². The Balaban J connectivity index is 1.74. The van der Waals surface area contributed by atoms with E-state index in [-0.39, 0.29) is 5.56 Å². The smallest absolute Gasteiger partial charge is 0.335 e. The second-order valence-electron chi connectivity index (χ2n) is 6.20. The fraction of sp³-hybridized carbons (Fsp3) is 0.0476. The summed E-state index contributed by atoms with van der Waals surface area (Å²) in [4.78, 5) is 19.0. The highest BCUT2D eigenvalue weighted by Gasteiger charge is 2.13. The molecule has 5 nitrogen and oxygen atoms in total. The Morgan fingerprint density at radius 2 is 1.96 bits per heavy atom. The average molecular weight is 378 g/mol. The number of aromatic amines is 1. The van der Waals surface area contributed by atoms with E-state index in [0.717, 1.165) is 27.8 Å². The lowest BCUT2D eigenvalue weighted by molar-refractivity contribution is 0.0697. The highest BCUT2D eigenvalue weighted by Crippen LogP contribution is 2.32. The monoisotopic (exact) mass is 377 g/mol. The Bertz CT molecular complexity index is 1120. The number of anilines is 1. The number of aromatic carboxylic acids is 1. The van der Waals surface area contributed by atoms with Crippen molar-refractivity contribution in [1.29, 1.82) is 0 Å². The first-order valence-corrected chi connectivity index (χ1v) is 8.77. The van der Waals surface area contributed by atoms with Crippen molar-refractivity contribution in [2.45, 2.75) is 6.54 Å². The maximum Gasteiger partial charge on any atom is 0.335 e. The number of H-pyrrole nitrogens is 1. The minimum Gasteiger partial charge on any atom is -0.478 e. The molecule has 0 radical (unpaired) electrons. The topological polar surface area (TPSA) is 78.0 Å². The molecule has 0 spiro atoms. The lowest BCUT2D eigenvalue weighted by atomic mass is 10.0. The Labute approximate surface area is 160 Å². The highest BCUT2D eigenvalue weighted by molar-refractivity contribution is 6.31. The van der Waals surface area contributed by atoms with Crippen molar-refractivity contribution in [2.75, 3.05) is 5.32 Å². The molecule has 3 N–H and O–H groups in total. The van der Waals surface area contributed by atoms with Crippen molar-refractivity contribution < 1.29 is 9.90 Å². The predicted octanol–water partition coefficient (Wildman–Crippen LogP) is 5.19. The van der Waals surface area contributed by atoms with Crippen molar-refractivity contribution in [3.63, 3.8) is 0 Å². The maximum atomic E-state index is 11.6. The Morgan fingerprint density at radius 3 is 2.74 bits per heavy atom. The molecule has 0 aliphatic rings. The molecule has 0 atom stereocenters. The van der Waals surface area contributed by atoms with E-state index in [1.807, 2.05) is 48.7 Å². The molecule has 27 heavy (non-hydrogen) atoms. The summed E-state index contributed by atoms with van der Waals surface area (Å²) in [6, 6.07) is 17.0. The van der Waals surface area contributed by atoms with Crippen LogP contribution in [-0.4, -0.2) is 21.0 Å². The van der Waals surface area contributed by atoms with Gasteiger partial charge in [0.1, 0.15) is 5.65 Å². The van der Waals surface area contributed by atoms with Crippen LogP contribution in [0, 0.1) is 0 Å². The first kappa shape index (κ1) is 17.1. The van der Waals surface area contributed by atoms with Crippen LogP contribution in [0.2, 0.25) is 5.02 Å². The summed E-state index contributed by atoms with van der Waals surface area (Å²) in [5, 5.41) is 14.2. The summed E-state index contributed by atoms with van der Waals surface area (Å²) in [5.41, 5.74) is 4.40. The summed E-state index contributed by atoms with van der Waals surface area (Å²) in [6.45, 7) is 0.602. The van der Waals surface area contributed by atoms with Gasteiger partial charge in [-0.15, -0.1) is 0 Å². The number of carboxylic acid groups (broad SMARTS) is 1. The van der Waals surface area contributed by atoms with E-state index in [1.54, 1.807) is 18.3 Å². The lowest BCUT2D eigenvalue weighted by Crippen LogP contribution is -2.03. The summed E-state index contributed by atoms with van der Waals surface area (Å²) in [6.07, 6.45) is 3.39. The molecule has 4 rings (SSSR count). The number of halogens is 1. The van der Waals surface area contributed by atoms with E-state index in [0.29, 0.717) is 17.2 Å². The predicted molar refractivity (Wildman–Crippen MR) is 107 cm³/mol. The first-order valence-electron chi connectivity index (χ1n) is 8.39. The van der Waals surface area contributed by atoms with E-state index in [2.05, 4.69) is 15.3 Å². The van der Waals surface area contributed by atoms with Crippen LogP contribution < -0.4 is 5.32 Å². The third kappa shape index (κ3) is 3.64. The molecule has 0 amide bonds. The first-order chi connectivity index (χ1) is 13.1. The zero-order valence-corrected chi connectivity index (χ0v) is 15.0. The number of aromatic nitrogens is 2. The van der Waals surface area contributed by atoms with Gasteiger partial charge in [0.25, 0.3) is 0 Å². The van der Waals surface area contributed by atoms with Crippen molar-refractivity contribution in [3.05, 3.63) is 83.1 Å². The van der Waals surface area contributed by atoms with Crippen LogP contribution in [0.4, 0.5) is 5.69 Å². The number of carboxylic acids is 1. The van der Waals surface area contributed by atoms with Gasteiger partial charge in [0, 0.05) is 35.6 Å². The molecule has 0 bridgehead atoms. The van der Waals surface area contributed by atoms with Crippen molar-refractivity contribution in [1.82, 2.24) is 9.97 Å². The van der Waals surface area contributed by atoms with Crippen LogP contribution in [0.15, 0.2) is 67.0 Å². The molecule has 4 aromatic rings. The van der Waals surface area contributed by atoms with Gasteiger partial charge < -0.3 is 15.4 Å². The van der Waals surface area contributed by atoms with E-state index >= 15 is 0 Å². The number of pyridine rings is 1. The average Bonchev–Trinajstić information content (AvgIpc) is 3.10. The van der Waals surface area contributed by atoms with Crippen molar-refractivity contribution in [2.24, 2.45) is 0 Å². The van der Waals surface area contributed by atoms with Gasteiger partial charge in [0.05, 0.1) is 10.6 Å². The second kappa shape index (κ2) is 7.13. The fourth-order valence-corrected chi connectivity index (χ4v) is 3.18. The Morgan fingerprint density at radius 1 is 1.15 bits per heavy atom. The SMILES string of the molecule is O=C(O)c1cc(NCc2ccccc2)cc(-c2c[nH]c3ncc(Cl)cc23)c1.